The second-order valence-corrected chi connectivity index (χ2v) is 7.64. The standard InChI is InChI=1S/C15H24O6.C4H10O3/c1-10(16-6-13-7-19-13)15(2-11-4-17-11,3-12-5-18-12)21-9-14-8-20-14;5-1-3-7-4-2-6/h10-14H,2-9H2,1H3;5-6H,1-4H2. The zero-order chi connectivity index (χ0) is 19.8. The van der Waals surface area contributed by atoms with Gasteiger partial charge in [-0.25, -0.2) is 0 Å². The summed E-state index contributed by atoms with van der Waals surface area (Å²) in [6, 6.07) is 0. The van der Waals surface area contributed by atoms with Gasteiger partial charge in [0.25, 0.3) is 0 Å². The van der Waals surface area contributed by atoms with Crippen molar-refractivity contribution in [2.75, 3.05) is 66.1 Å². The summed E-state index contributed by atoms with van der Waals surface area (Å²) in [6.07, 6.45) is 2.85. The Hall–Kier alpha value is -0.360. The van der Waals surface area contributed by atoms with Crippen molar-refractivity contribution >= 4 is 0 Å². The van der Waals surface area contributed by atoms with Crippen LogP contribution in [-0.4, -0.2) is 112 Å². The van der Waals surface area contributed by atoms with Gasteiger partial charge in [-0.05, 0) is 6.92 Å². The van der Waals surface area contributed by atoms with E-state index >= 15 is 0 Å². The highest BCUT2D eigenvalue weighted by Gasteiger charge is 2.48. The third kappa shape index (κ3) is 8.56. The van der Waals surface area contributed by atoms with Crippen molar-refractivity contribution in [3.8, 4) is 0 Å². The van der Waals surface area contributed by atoms with Crippen molar-refractivity contribution in [2.45, 2.75) is 55.9 Å². The summed E-state index contributed by atoms with van der Waals surface area (Å²) >= 11 is 0. The van der Waals surface area contributed by atoms with E-state index in [4.69, 9.17) is 38.6 Å². The van der Waals surface area contributed by atoms with Gasteiger partial charge in [-0.2, -0.15) is 0 Å². The number of aliphatic hydroxyl groups excluding tert-OH is 2. The minimum atomic E-state index is -0.344. The van der Waals surface area contributed by atoms with Crippen LogP contribution in [0.2, 0.25) is 0 Å². The highest BCUT2D eigenvalue weighted by atomic mass is 16.6. The van der Waals surface area contributed by atoms with Crippen LogP contribution in [0, 0.1) is 0 Å². The number of hydrogen-bond acceptors (Lipinski definition) is 9. The van der Waals surface area contributed by atoms with Gasteiger partial charge in [-0.3, -0.25) is 0 Å². The molecular weight excluding hydrogens is 372 g/mol. The quantitative estimate of drug-likeness (QED) is 0.274. The van der Waals surface area contributed by atoms with E-state index < -0.39 is 0 Å². The summed E-state index contributed by atoms with van der Waals surface area (Å²) < 4.78 is 38.4. The molecule has 0 bridgehead atoms. The highest BCUT2D eigenvalue weighted by Crippen LogP contribution is 2.38. The maximum absolute atomic E-state index is 8.09. The normalized spacial score (nSPS) is 32.7. The summed E-state index contributed by atoms with van der Waals surface area (Å²) in [7, 11) is 0. The molecule has 4 heterocycles. The van der Waals surface area contributed by atoms with Gasteiger partial charge >= 0.3 is 0 Å². The van der Waals surface area contributed by atoms with Crippen molar-refractivity contribution in [3.05, 3.63) is 0 Å². The van der Waals surface area contributed by atoms with Crippen LogP contribution in [0.25, 0.3) is 0 Å². The molecule has 0 aromatic carbocycles. The maximum atomic E-state index is 8.09. The second-order valence-electron chi connectivity index (χ2n) is 7.64. The lowest BCUT2D eigenvalue weighted by atomic mass is 9.86. The molecule has 0 aromatic rings. The number of rotatable bonds is 15. The van der Waals surface area contributed by atoms with Crippen LogP contribution >= 0.6 is 0 Å². The molecule has 5 unspecified atom stereocenters. The summed E-state index contributed by atoms with van der Waals surface area (Å²) in [6.45, 7) is 7.34. The van der Waals surface area contributed by atoms with Crippen LogP contribution in [0.1, 0.15) is 19.8 Å². The Bertz CT molecular complexity index is 415. The predicted octanol–water partition coefficient (Wildman–Crippen LogP) is -0.490. The molecule has 0 radical (unpaired) electrons. The topological polar surface area (TPSA) is 118 Å². The van der Waals surface area contributed by atoms with E-state index in [1.807, 2.05) is 0 Å². The van der Waals surface area contributed by atoms with Crippen molar-refractivity contribution in [2.24, 2.45) is 0 Å². The summed E-state index contributed by atoms with van der Waals surface area (Å²) in [5, 5.41) is 16.2. The molecule has 2 N–H and O–H groups in total. The third-order valence-electron chi connectivity index (χ3n) is 5.06. The number of epoxide rings is 4. The van der Waals surface area contributed by atoms with Crippen LogP contribution in [0.5, 0.6) is 0 Å². The van der Waals surface area contributed by atoms with Crippen molar-refractivity contribution in [1.29, 1.82) is 0 Å². The minimum absolute atomic E-state index is 0.00569. The lowest BCUT2D eigenvalue weighted by molar-refractivity contribution is -0.156. The molecule has 4 fully saturated rings. The smallest absolute Gasteiger partial charge is 0.104 e. The first kappa shape index (κ1) is 22.3. The fourth-order valence-corrected chi connectivity index (χ4v) is 3.02. The Morgan fingerprint density at radius 3 is 1.71 bits per heavy atom. The van der Waals surface area contributed by atoms with Gasteiger partial charge in [0.15, 0.2) is 0 Å². The summed E-state index contributed by atoms with van der Waals surface area (Å²) in [4.78, 5) is 0. The first-order valence-corrected chi connectivity index (χ1v) is 10.2. The molecular formula is C19H34O9. The van der Waals surface area contributed by atoms with Crippen molar-refractivity contribution in [1.82, 2.24) is 0 Å². The average molecular weight is 406 g/mol. The second kappa shape index (κ2) is 11.1. The lowest BCUT2D eigenvalue weighted by Crippen LogP contribution is -2.48. The van der Waals surface area contributed by atoms with Gasteiger partial charge in [0.1, 0.15) is 12.2 Å². The van der Waals surface area contributed by atoms with E-state index in [-0.39, 0.29) is 37.1 Å². The van der Waals surface area contributed by atoms with E-state index in [1.165, 1.54) is 0 Å². The molecule has 0 amide bonds. The van der Waals surface area contributed by atoms with Gasteiger partial charge in [-0.15, -0.1) is 0 Å². The van der Waals surface area contributed by atoms with Gasteiger partial charge < -0.3 is 43.4 Å². The van der Waals surface area contributed by atoms with E-state index in [9.17, 15) is 0 Å². The molecule has 9 heteroatoms. The first-order valence-electron chi connectivity index (χ1n) is 10.2. The zero-order valence-corrected chi connectivity index (χ0v) is 16.6. The van der Waals surface area contributed by atoms with E-state index in [0.29, 0.717) is 38.6 Å². The molecule has 0 saturated carbocycles. The van der Waals surface area contributed by atoms with Crippen LogP contribution in [0.15, 0.2) is 0 Å². The molecule has 28 heavy (non-hydrogen) atoms. The van der Waals surface area contributed by atoms with E-state index in [1.54, 1.807) is 0 Å². The first-order chi connectivity index (χ1) is 13.6. The molecule has 4 aliphatic heterocycles. The van der Waals surface area contributed by atoms with E-state index in [0.717, 1.165) is 39.3 Å². The maximum Gasteiger partial charge on any atom is 0.104 e. The van der Waals surface area contributed by atoms with Gasteiger partial charge in [0.05, 0.1) is 90.0 Å². The molecule has 0 aliphatic carbocycles. The molecule has 9 nitrogen and oxygen atoms in total. The molecule has 5 atom stereocenters. The Kier molecular flexibility index (Phi) is 8.89. The van der Waals surface area contributed by atoms with Crippen LogP contribution in [0.4, 0.5) is 0 Å². The van der Waals surface area contributed by atoms with Gasteiger partial charge in [0, 0.05) is 12.8 Å². The number of hydrogen-bond donors (Lipinski definition) is 2. The molecule has 4 rings (SSSR count). The Labute approximate surface area is 166 Å². The lowest BCUT2D eigenvalue weighted by Gasteiger charge is -2.38. The fraction of sp³-hybridized carbons (Fsp3) is 1.00. The van der Waals surface area contributed by atoms with Crippen molar-refractivity contribution < 1.29 is 43.4 Å². The molecule has 164 valence electrons. The highest BCUT2D eigenvalue weighted by molar-refractivity contribution is 4.97. The molecule has 4 aliphatic rings. The van der Waals surface area contributed by atoms with E-state index in [2.05, 4.69) is 11.7 Å². The predicted molar refractivity (Wildman–Crippen MR) is 97.3 cm³/mol. The minimum Gasteiger partial charge on any atom is -0.394 e. The average Bonchev–Trinajstić information content (AvgIpc) is 3.54. The number of ether oxygens (including phenoxy) is 7. The molecule has 4 saturated heterocycles. The fourth-order valence-electron chi connectivity index (χ4n) is 3.02. The molecule has 0 aromatic heterocycles. The Morgan fingerprint density at radius 2 is 1.29 bits per heavy atom. The third-order valence-corrected chi connectivity index (χ3v) is 5.06. The van der Waals surface area contributed by atoms with Crippen LogP contribution in [-0.2, 0) is 33.2 Å². The zero-order valence-electron chi connectivity index (χ0n) is 16.6. The van der Waals surface area contributed by atoms with Gasteiger partial charge in [0.2, 0.25) is 0 Å². The Morgan fingerprint density at radius 1 is 0.821 bits per heavy atom. The van der Waals surface area contributed by atoms with Crippen molar-refractivity contribution in [3.63, 3.8) is 0 Å². The monoisotopic (exact) mass is 406 g/mol. The van der Waals surface area contributed by atoms with Gasteiger partial charge in [-0.1, -0.05) is 0 Å². The van der Waals surface area contributed by atoms with Crippen LogP contribution in [0.3, 0.4) is 0 Å². The number of aliphatic hydroxyl groups is 2. The molecule has 0 spiro atoms. The SMILES string of the molecule is CC(OCC1CO1)C(CC1CO1)(CC1CO1)OCC1CO1.OCCOCCO. The largest absolute Gasteiger partial charge is 0.394 e. The van der Waals surface area contributed by atoms with Crippen LogP contribution < -0.4 is 0 Å². The Balaban J connectivity index is 0.000000279. The summed E-state index contributed by atoms with van der Waals surface area (Å²) in [5.74, 6) is 0. The summed E-state index contributed by atoms with van der Waals surface area (Å²) in [5.41, 5.74) is -0.344.